The van der Waals surface area contributed by atoms with E-state index in [2.05, 4.69) is 18.7 Å². The van der Waals surface area contributed by atoms with Gasteiger partial charge in [0.1, 0.15) is 0 Å². The van der Waals surface area contributed by atoms with Crippen LogP contribution in [0.1, 0.15) is 52.4 Å². The summed E-state index contributed by atoms with van der Waals surface area (Å²) in [6.07, 6.45) is 7.86. The van der Waals surface area contributed by atoms with Crippen LogP contribution in [-0.4, -0.2) is 31.1 Å². The van der Waals surface area contributed by atoms with Crippen molar-refractivity contribution in [2.24, 2.45) is 5.73 Å². The molecule has 0 atom stereocenters. The zero-order valence-electron chi connectivity index (χ0n) is 10.1. The van der Waals surface area contributed by atoms with E-state index in [1.54, 1.807) is 0 Å². The van der Waals surface area contributed by atoms with E-state index in [0.29, 0.717) is 0 Å². The van der Waals surface area contributed by atoms with Crippen LogP contribution in [0.15, 0.2) is 0 Å². The smallest absolute Gasteiger partial charge is 0.00188 e. The Balaban J connectivity index is 3.28. The Morgan fingerprint density at radius 3 is 2.00 bits per heavy atom. The topological polar surface area (TPSA) is 29.3 Å². The van der Waals surface area contributed by atoms with Crippen molar-refractivity contribution in [2.45, 2.75) is 52.4 Å². The third-order valence-electron chi connectivity index (χ3n) is 2.70. The molecule has 0 unspecified atom stereocenters. The predicted molar refractivity (Wildman–Crippen MR) is 64.5 cm³/mol. The molecule has 0 saturated carbocycles. The van der Waals surface area contributed by atoms with E-state index >= 15 is 0 Å². The summed E-state index contributed by atoms with van der Waals surface area (Å²) in [7, 11) is 0. The van der Waals surface area contributed by atoms with Crippen LogP contribution in [-0.2, 0) is 0 Å². The van der Waals surface area contributed by atoms with Gasteiger partial charge in [-0.2, -0.15) is 0 Å². The zero-order valence-corrected chi connectivity index (χ0v) is 10.1. The highest BCUT2D eigenvalue weighted by molar-refractivity contribution is 4.56. The van der Waals surface area contributed by atoms with Gasteiger partial charge in [-0.25, -0.2) is 0 Å². The summed E-state index contributed by atoms with van der Waals surface area (Å²) < 4.78 is 0. The third kappa shape index (κ3) is 8.52. The Labute approximate surface area is 89.9 Å². The van der Waals surface area contributed by atoms with E-state index in [9.17, 15) is 0 Å². The predicted octanol–water partition coefficient (Wildman–Crippen LogP) is 2.63. The lowest BCUT2D eigenvalue weighted by atomic mass is 10.2. The maximum absolute atomic E-state index is 5.46. The summed E-state index contributed by atoms with van der Waals surface area (Å²) in [5.41, 5.74) is 5.46. The molecule has 0 spiro atoms. The molecule has 0 fully saturated rings. The fourth-order valence-electron chi connectivity index (χ4n) is 1.67. The summed E-state index contributed by atoms with van der Waals surface area (Å²) in [5.74, 6) is 0. The second kappa shape index (κ2) is 11.0. The van der Waals surface area contributed by atoms with Crippen LogP contribution < -0.4 is 5.73 Å². The number of unbranched alkanes of at least 4 members (excludes halogenated alkanes) is 4. The van der Waals surface area contributed by atoms with Crippen molar-refractivity contribution in [1.82, 2.24) is 4.90 Å². The van der Waals surface area contributed by atoms with Crippen LogP contribution in [0.25, 0.3) is 0 Å². The molecule has 2 nitrogen and oxygen atoms in total. The molecule has 0 amide bonds. The number of nitrogens with two attached hydrogens (primary N) is 1. The highest BCUT2D eigenvalue weighted by Crippen LogP contribution is 2.01. The lowest BCUT2D eigenvalue weighted by Crippen LogP contribution is -2.25. The normalized spacial score (nSPS) is 11.1. The molecule has 14 heavy (non-hydrogen) atoms. The van der Waals surface area contributed by atoms with Crippen molar-refractivity contribution in [3.63, 3.8) is 0 Å². The van der Waals surface area contributed by atoms with E-state index in [-0.39, 0.29) is 0 Å². The first-order valence-electron chi connectivity index (χ1n) is 6.27. The Morgan fingerprint density at radius 2 is 1.50 bits per heavy atom. The van der Waals surface area contributed by atoms with Gasteiger partial charge in [0.2, 0.25) is 0 Å². The molecule has 0 aromatic rings. The molecular formula is C12H28N2. The van der Waals surface area contributed by atoms with Crippen LogP contribution in [0, 0.1) is 0 Å². The molecule has 0 aliphatic heterocycles. The van der Waals surface area contributed by atoms with Gasteiger partial charge < -0.3 is 10.6 Å². The first kappa shape index (κ1) is 13.9. The lowest BCUT2D eigenvalue weighted by Gasteiger charge is -2.19. The highest BCUT2D eigenvalue weighted by Gasteiger charge is 2.00. The van der Waals surface area contributed by atoms with Gasteiger partial charge in [0.25, 0.3) is 0 Å². The van der Waals surface area contributed by atoms with E-state index in [0.717, 1.165) is 6.54 Å². The number of nitrogens with zero attached hydrogens (tertiary/aromatic N) is 1. The first-order chi connectivity index (χ1) is 6.85. The molecule has 2 heteroatoms. The Hall–Kier alpha value is -0.0800. The Kier molecular flexibility index (Phi) is 10.9. The van der Waals surface area contributed by atoms with Gasteiger partial charge in [-0.3, -0.25) is 0 Å². The molecule has 0 aromatic carbocycles. The molecule has 86 valence electrons. The molecule has 0 aliphatic carbocycles. The summed E-state index contributed by atoms with van der Waals surface area (Å²) in [6, 6.07) is 0. The maximum Gasteiger partial charge on any atom is -0.00188 e. The van der Waals surface area contributed by atoms with Crippen LogP contribution in [0.3, 0.4) is 0 Å². The number of rotatable bonds is 10. The minimum absolute atomic E-state index is 0.849. The average Bonchev–Trinajstić information content (AvgIpc) is 2.22. The molecule has 0 rings (SSSR count). The Bertz CT molecular complexity index is 104. The largest absolute Gasteiger partial charge is 0.330 e. The van der Waals surface area contributed by atoms with Crippen LogP contribution in [0.4, 0.5) is 0 Å². The summed E-state index contributed by atoms with van der Waals surface area (Å²) >= 11 is 0. The molecule has 0 aliphatic rings. The van der Waals surface area contributed by atoms with Crippen molar-refractivity contribution < 1.29 is 0 Å². The van der Waals surface area contributed by atoms with Crippen LogP contribution >= 0.6 is 0 Å². The fourth-order valence-corrected chi connectivity index (χ4v) is 1.67. The third-order valence-corrected chi connectivity index (χ3v) is 2.70. The molecule has 0 radical (unpaired) electrons. The van der Waals surface area contributed by atoms with Gasteiger partial charge >= 0.3 is 0 Å². The quantitative estimate of drug-likeness (QED) is 0.549. The van der Waals surface area contributed by atoms with Gasteiger partial charge in [-0.15, -0.1) is 0 Å². The first-order valence-corrected chi connectivity index (χ1v) is 6.27. The average molecular weight is 200 g/mol. The van der Waals surface area contributed by atoms with Gasteiger partial charge in [0.15, 0.2) is 0 Å². The van der Waals surface area contributed by atoms with Crippen molar-refractivity contribution in [3.8, 4) is 0 Å². The van der Waals surface area contributed by atoms with Crippen molar-refractivity contribution >= 4 is 0 Å². The highest BCUT2D eigenvalue weighted by atomic mass is 15.1. The van der Waals surface area contributed by atoms with Crippen molar-refractivity contribution in [3.05, 3.63) is 0 Å². The second-order valence-corrected chi connectivity index (χ2v) is 3.99. The molecule has 0 heterocycles. The minimum atomic E-state index is 0.849. The summed E-state index contributed by atoms with van der Waals surface area (Å²) in [5, 5.41) is 0. The van der Waals surface area contributed by atoms with Crippen molar-refractivity contribution in [2.75, 3.05) is 26.2 Å². The zero-order chi connectivity index (χ0) is 10.6. The summed E-state index contributed by atoms with van der Waals surface area (Å²) in [6.45, 7) is 9.12. The van der Waals surface area contributed by atoms with Crippen LogP contribution in [0.2, 0.25) is 0 Å². The van der Waals surface area contributed by atoms with Gasteiger partial charge in [0.05, 0.1) is 0 Å². The van der Waals surface area contributed by atoms with Gasteiger partial charge in [-0.1, -0.05) is 33.1 Å². The lowest BCUT2D eigenvalue weighted by molar-refractivity contribution is 0.275. The SMILES string of the molecule is CCCCCN(CC)CCCCCN. The van der Waals surface area contributed by atoms with Crippen LogP contribution in [0.5, 0.6) is 0 Å². The number of hydrogen-bond donors (Lipinski definition) is 1. The molecule has 0 aromatic heterocycles. The minimum Gasteiger partial charge on any atom is -0.330 e. The standard InChI is InChI=1S/C12H28N2/c1-3-5-8-11-14(4-2)12-9-6-7-10-13/h3-13H2,1-2H3. The molecule has 0 bridgehead atoms. The Morgan fingerprint density at radius 1 is 0.857 bits per heavy atom. The second-order valence-electron chi connectivity index (χ2n) is 3.99. The van der Waals surface area contributed by atoms with E-state index in [1.165, 1.54) is 58.2 Å². The van der Waals surface area contributed by atoms with Gasteiger partial charge in [-0.05, 0) is 45.4 Å². The molecule has 0 saturated heterocycles. The maximum atomic E-state index is 5.46. The fraction of sp³-hybridized carbons (Fsp3) is 1.00. The van der Waals surface area contributed by atoms with E-state index in [4.69, 9.17) is 5.73 Å². The van der Waals surface area contributed by atoms with E-state index in [1.807, 2.05) is 0 Å². The monoisotopic (exact) mass is 200 g/mol. The number of hydrogen-bond acceptors (Lipinski definition) is 2. The molecule has 2 N–H and O–H groups in total. The summed E-state index contributed by atoms with van der Waals surface area (Å²) in [4.78, 5) is 2.56. The van der Waals surface area contributed by atoms with Gasteiger partial charge in [0, 0.05) is 0 Å². The molecular weight excluding hydrogens is 172 g/mol. The van der Waals surface area contributed by atoms with Crippen molar-refractivity contribution in [1.29, 1.82) is 0 Å². The van der Waals surface area contributed by atoms with E-state index < -0.39 is 0 Å².